The van der Waals surface area contributed by atoms with Crippen LogP contribution in [0.15, 0.2) is 0 Å². The first-order chi connectivity index (χ1) is 6.62. The molecule has 0 radical (unpaired) electrons. The lowest BCUT2D eigenvalue weighted by Gasteiger charge is -2.33. The molecule has 0 aromatic rings. The normalized spacial score (nSPS) is 20.6. The van der Waals surface area contributed by atoms with E-state index in [1.165, 1.54) is 0 Å². The van der Waals surface area contributed by atoms with E-state index in [0.717, 1.165) is 32.6 Å². The lowest BCUT2D eigenvalue weighted by molar-refractivity contribution is -0.136. The molecule has 0 unspecified atom stereocenters. The third kappa shape index (κ3) is 4.07. The number of carboxylic acid groups (broad SMARTS) is 1. The summed E-state index contributed by atoms with van der Waals surface area (Å²) in [6.45, 7) is 5.34. The molecule has 0 amide bonds. The van der Waals surface area contributed by atoms with Gasteiger partial charge in [-0.15, -0.1) is 0 Å². The summed E-state index contributed by atoms with van der Waals surface area (Å²) in [5.74, 6) is -0.741. The largest absolute Gasteiger partial charge is 0.481 e. The fraction of sp³-hybridized carbons (Fsp3) is 0.900. The topological polar surface area (TPSA) is 58.6 Å². The van der Waals surface area contributed by atoms with Crippen molar-refractivity contribution < 1.29 is 14.6 Å². The van der Waals surface area contributed by atoms with E-state index in [1.807, 2.05) is 0 Å². The Bertz CT molecular complexity index is 188. The van der Waals surface area contributed by atoms with Gasteiger partial charge in [0.05, 0.1) is 6.42 Å². The number of hydrogen-bond donors (Lipinski definition) is 2. The molecule has 1 aliphatic rings. The maximum Gasteiger partial charge on any atom is 0.304 e. The minimum atomic E-state index is -0.741. The van der Waals surface area contributed by atoms with Gasteiger partial charge in [-0.1, -0.05) is 6.92 Å². The van der Waals surface area contributed by atoms with Crippen LogP contribution in [0.1, 0.15) is 26.2 Å². The van der Waals surface area contributed by atoms with Crippen molar-refractivity contribution in [2.45, 2.75) is 26.2 Å². The molecule has 82 valence electrons. The molecule has 0 saturated carbocycles. The molecule has 0 aliphatic carbocycles. The summed E-state index contributed by atoms with van der Waals surface area (Å²) >= 11 is 0. The van der Waals surface area contributed by atoms with Crippen LogP contribution >= 0.6 is 0 Å². The highest BCUT2D eigenvalue weighted by Crippen LogP contribution is 2.28. The lowest BCUT2D eigenvalue weighted by atomic mass is 9.82. The molecule has 0 atom stereocenters. The van der Waals surface area contributed by atoms with Gasteiger partial charge in [-0.2, -0.15) is 0 Å². The van der Waals surface area contributed by atoms with Crippen molar-refractivity contribution in [2.75, 3.05) is 26.3 Å². The molecule has 1 rings (SSSR count). The van der Waals surface area contributed by atoms with Crippen molar-refractivity contribution in [3.05, 3.63) is 0 Å². The van der Waals surface area contributed by atoms with Gasteiger partial charge in [0, 0.05) is 26.3 Å². The fourth-order valence-electron chi connectivity index (χ4n) is 1.63. The van der Waals surface area contributed by atoms with Crippen molar-refractivity contribution >= 4 is 5.97 Å². The Kier molecular flexibility index (Phi) is 4.35. The predicted octanol–water partition coefficient (Wildman–Crippen LogP) is 0.867. The molecule has 4 nitrogen and oxygen atoms in total. The van der Waals surface area contributed by atoms with Gasteiger partial charge < -0.3 is 15.2 Å². The summed E-state index contributed by atoms with van der Waals surface area (Å²) in [6.07, 6.45) is 2.33. The number of nitrogens with one attached hydrogen (secondary N) is 1. The van der Waals surface area contributed by atoms with Crippen LogP contribution in [0, 0.1) is 5.41 Å². The van der Waals surface area contributed by atoms with Crippen molar-refractivity contribution in [3.63, 3.8) is 0 Å². The number of aliphatic carboxylic acids is 1. The summed E-state index contributed by atoms with van der Waals surface area (Å²) < 4.78 is 5.29. The van der Waals surface area contributed by atoms with Gasteiger partial charge in [0.15, 0.2) is 0 Å². The monoisotopic (exact) mass is 201 g/mol. The van der Waals surface area contributed by atoms with Crippen molar-refractivity contribution in [3.8, 4) is 0 Å². The first-order valence-corrected chi connectivity index (χ1v) is 5.13. The van der Waals surface area contributed by atoms with Gasteiger partial charge in [-0.3, -0.25) is 4.79 Å². The van der Waals surface area contributed by atoms with E-state index in [1.54, 1.807) is 0 Å². The average Bonchev–Trinajstić information content (AvgIpc) is 2.14. The number of carbonyl (C=O) groups is 1. The first-order valence-electron chi connectivity index (χ1n) is 5.13. The Morgan fingerprint density at radius 1 is 1.50 bits per heavy atom. The summed E-state index contributed by atoms with van der Waals surface area (Å²) in [5.41, 5.74) is 0.288. The maximum atomic E-state index is 10.3. The molecule has 1 fully saturated rings. The highest BCUT2D eigenvalue weighted by Gasteiger charge is 2.26. The Labute approximate surface area is 84.6 Å². The molecule has 14 heavy (non-hydrogen) atoms. The molecular formula is C10H19NO3. The van der Waals surface area contributed by atoms with Gasteiger partial charge in [-0.25, -0.2) is 0 Å². The molecule has 1 saturated heterocycles. The van der Waals surface area contributed by atoms with Crippen molar-refractivity contribution in [1.82, 2.24) is 5.32 Å². The highest BCUT2D eigenvalue weighted by atomic mass is 16.5. The van der Waals surface area contributed by atoms with E-state index in [9.17, 15) is 4.79 Å². The zero-order valence-electron chi connectivity index (χ0n) is 8.71. The van der Waals surface area contributed by atoms with E-state index in [2.05, 4.69) is 12.2 Å². The van der Waals surface area contributed by atoms with Gasteiger partial charge in [0.1, 0.15) is 0 Å². The Morgan fingerprint density at radius 3 is 2.71 bits per heavy atom. The third-order valence-electron chi connectivity index (χ3n) is 2.77. The van der Waals surface area contributed by atoms with Gasteiger partial charge in [0.2, 0.25) is 0 Å². The zero-order valence-corrected chi connectivity index (χ0v) is 8.71. The van der Waals surface area contributed by atoms with E-state index in [4.69, 9.17) is 9.84 Å². The van der Waals surface area contributed by atoms with Gasteiger partial charge >= 0.3 is 5.97 Å². The molecule has 0 aromatic carbocycles. The first kappa shape index (κ1) is 11.5. The summed E-state index contributed by atoms with van der Waals surface area (Å²) in [4.78, 5) is 10.3. The molecule has 0 bridgehead atoms. The minimum Gasteiger partial charge on any atom is -0.481 e. The van der Waals surface area contributed by atoms with Crippen LogP contribution in [-0.2, 0) is 9.53 Å². The molecule has 1 heterocycles. The summed E-state index contributed by atoms with van der Waals surface area (Å²) in [6, 6.07) is 0. The molecular weight excluding hydrogens is 182 g/mol. The molecule has 0 spiro atoms. The number of ether oxygens (including phenoxy) is 1. The SMILES string of the molecule is CC1(CNCCC(=O)O)CCOCC1. The minimum absolute atomic E-state index is 0.201. The van der Waals surface area contributed by atoms with Gasteiger partial charge in [0.25, 0.3) is 0 Å². The fourth-order valence-corrected chi connectivity index (χ4v) is 1.63. The second kappa shape index (κ2) is 5.32. The second-order valence-corrected chi connectivity index (χ2v) is 4.24. The average molecular weight is 201 g/mol. The number of hydrogen-bond acceptors (Lipinski definition) is 3. The van der Waals surface area contributed by atoms with Gasteiger partial charge in [-0.05, 0) is 18.3 Å². The summed E-state index contributed by atoms with van der Waals surface area (Å²) in [7, 11) is 0. The van der Waals surface area contributed by atoms with E-state index in [-0.39, 0.29) is 11.8 Å². The van der Waals surface area contributed by atoms with Crippen molar-refractivity contribution in [1.29, 1.82) is 0 Å². The summed E-state index contributed by atoms with van der Waals surface area (Å²) in [5, 5.41) is 11.6. The Morgan fingerprint density at radius 2 is 2.14 bits per heavy atom. The smallest absolute Gasteiger partial charge is 0.304 e. The zero-order chi connectivity index (χ0) is 10.4. The van der Waals surface area contributed by atoms with Crippen LogP contribution < -0.4 is 5.32 Å². The van der Waals surface area contributed by atoms with Crippen LogP contribution in [0.5, 0.6) is 0 Å². The van der Waals surface area contributed by atoms with E-state index < -0.39 is 5.97 Å². The Hall–Kier alpha value is -0.610. The van der Waals surface area contributed by atoms with E-state index >= 15 is 0 Å². The van der Waals surface area contributed by atoms with Crippen molar-refractivity contribution in [2.24, 2.45) is 5.41 Å². The third-order valence-corrected chi connectivity index (χ3v) is 2.77. The van der Waals surface area contributed by atoms with Crippen LogP contribution in [-0.4, -0.2) is 37.4 Å². The van der Waals surface area contributed by atoms with Crippen LogP contribution in [0.4, 0.5) is 0 Å². The van der Waals surface area contributed by atoms with Crippen LogP contribution in [0.3, 0.4) is 0 Å². The number of carboxylic acids is 1. The standard InChI is InChI=1S/C10H19NO3/c1-10(3-6-14-7-4-10)8-11-5-2-9(12)13/h11H,2-8H2,1H3,(H,12,13). The van der Waals surface area contributed by atoms with E-state index in [0.29, 0.717) is 6.54 Å². The molecule has 2 N–H and O–H groups in total. The molecule has 0 aromatic heterocycles. The lowest BCUT2D eigenvalue weighted by Crippen LogP contribution is -2.37. The Balaban J connectivity index is 2.12. The van der Waals surface area contributed by atoms with Crippen LogP contribution in [0.25, 0.3) is 0 Å². The molecule has 4 heteroatoms. The predicted molar refractivity (Wildman–Crippen MR) is 53.3 cm³/mol. The second-order valence-electron chi connectivity index (χ2n) is 4.24. The quantitative estimate of drug-likeness (QED) is 0.648. The maximum absolute atomic E-state index is 10.3. The van der Waals surface area contributed by atoms with Crippen LogP contribution in [0.2, 0.25) is 0 Å². The number of rotatable bonds is 5. The molecule has 1 aliphatic heterocycles. The highest BCUT2D eigenvalue weighted by molar-refractivity contribution is 5.66.